The molecule has 0 bridgehead atoms. The van der Waals surface area contributed by atoms with Gasteiger partial charge in [0, 0.05) is 18.9 Å². The molecule has 0 atom stereocenters. The first-order valence-corrected chi connectivity index (χ1v) is 6.36. The number of rotatable bonds is 3. The summed E-state index contributed by atoms with van der Waals surface area (Å²) in [5.41, 5.74) is 1.39. The van der Waals surface area contributed by atoms with Crippen LogP contribution in [0.4, 0.5) is 0 Å². The Labute approximate surface area is 114 Å². The van der Waals surface area contributed by atoms with Crippen molar-refractivity contribution < 1.29 is 0 Å². The molecular weight excluding hydrogens is 254 g/mol. The van der Waals surface area contributed by atoms with E-state index in [1.54, 1.807) is 18.5 Å². The molecule has 0 amide bonds. The first-order valence-electron chi connectivity index (χ1n) is 6.36. The number of nitrogens with one attached hydrogen (secondary N) is 1. The maximum Gasteiger partial charge on any atom is 0.316 e. The molecule has 0 aliphatic carbocycles. The van der Waals surface area contributed by atoms with Gasteiger partial charge in [-0.2, -0.15) is 0 Å². The highest BCUT2D eigenvalue weighted by atomic mass is 16.2. The number of benzene rings is 1. The molecule has 3 aromatic rings. The van der Waals surface area contributed by atoms with Gasteiger partial charge in [0.15, 0.2) is 0 Å². The lowest BCUT2D eigenvalue weighted by Crippen LogP contribution is -2.36. The minimum atomic E-state index is -0.585. The zero-order valence-electron chi connectivity index (χ0n) is 10.7. The van der Waals surface area contributed by atoms with Crippen LogP contribution in [0.3, 0.4) is 0 Å². The number of fused-ring (bicyclic) bond motifs is 1. The molecular formula is C15H13N3O2. The lowest BCUT2D eigenvalue weighted by molar-refractivity contribution is 0.684. The summed E-state index contributed by atoms with van der Waals surface area (Å²) in [5.74, 6) is 0. The minimum absolute atomic E-state index is 0.466. The fourth-order valence-electron chi connectivity index (χ4n) is 2.23. The van der Waals surface area contributed by atoms with Crippen molar-refractivity contribution in [3.8, 4) is 0 Å². The molecule has 1 aromatic carbocycles. The van der Waals surface area contributed by atoms with Crippen LogP contribution in [0.2, 0.25) is 0 Å². The molecule has 3 rings (SSSR count). The van der Waals surface area contributed by atoms with Gasteiger partial charge in [-0.05, 0) is 36.2 Å². The summed E-state index contributed by atoms with van der Waals surface area (Å²) < 4.78 is 1.52. The van der Waals surface area contributed by atoms with E-state index in [2.05, 4.69) is 9.97 Å². The van der Waals surface area contributed by atoms with Crippen molar-refractivity contribution >= 4 is 11.0 Å². The average molecular weight is 267 g/mol. The van der Waals surface area contributed by atoms with Crippen LogP contribution in [0.5, 0.6) is 0 Å². The number of H-pyrrole nitrogens is 1. The summed E-state index contributed by atoms with van der Waals surface area (Å²) in [6.45, 7) is 0.466. The number of para-hydroxylation sites is 2. The van der Waals surface area contributed by atoms with E-state index in [9.17, 15) is 9.59 Å². The van der Waals surface area contributed by atoms with Gasteiger partial charge in [-0.1, -0.05) is 12.1 Å². The Kier molecular flexibility index (Phi) is 3.16. The number of nitrogens with zero attached hydrogens (tertiary/aromatic N) is 2. The third-order valence-corrected chi connectivity index (χ3v) is 3.26. The molecule has 1 N–H and O–H groups in total. The first-order chi connectivity index (χ1) is 9.75. The van der Waals surface area contributed by atoms with Crippen molar-refractivity contribution in [2.75, 3.05) is 0 Å². The van der Waals surface area contributed by atoms with E-state index in [1.807, 2.05) is 30.3 Å². The average Bonchev–Trinajstić information content (AvgIpc) is 2.49. The van der Waals surface area contributed by atoms with E-state index in [0.29, 0.717) is 18.5 Å². The highest BCUT2D eigenvalue weighted by Gasteiger charge is 2.06. The molecule has 5 nitrogen and oxygen atoms in total. The van der Waals surface area contributed by atoms with E-state index in [1.165, 1.54) is 4.57 Å². The fourth-order valence-corrected chi connectivity index (χ4v) is 2.23. The second-order valence-corrected chi connectivity index (χ2v) is 4.53. The van der Waals surface area contributed by atoms with E-state index < -0.39 is 11.1 Å². The van der Waals surface area contributed by atoms with Gasteiger partial charge in [0.1, 0.15) is 0 Å². The highest BCUT2D eigenvalue weighted by molar-refractivity contribution is 5.74. The Hall–Kier alpha value is -2.69. The van der Waals surface area contributed by atoms with Crippen LogP contribution in [0.15, 0.2) is 58.4 Å². The molecule has 20 heavy (non-hydrogen) atoms. The monoisotopic (exact) mass is 267 g/mol. The number of aromatic nitrogens is 3. The molecule has 0 saturated heterocycles. The number of aryl methyl sites for hydroxylation is 2. The molecule has 2 aromatic heterocycles. The molecule has 0 saturated carbocycles. The summed E-state index contributed by atoms with van der Waals surface area (Å²) in [6.07, 6.45) is 4.11. The zero-order valence-corrected chi connectivity index (χ0v) is 10.7. The summed E-state index contributed by atoms with van der Waals surface area (Å²) in [7, 11) is 0. The molecule has 100 valence electrons. The maximum atomic E-state index is 12.0. The summed E-state index contributed by atoms with van der Waals surface area (Å²) in [4.78, 5) is 30.2. The van der Waals surface area contributed by atoms with Crippen LogP contribution in [0.1, 0.15) is 5.56 Å². The van der Waals surface area contributed by atoms with E-state index in [-0.39, 0.29) is 0 Å². The van der Waals surface area contributed by atoms with Gasteiger partial charge in [0.2, 0.25) is 0 Å². The minimum Gasteiger partial charge on any atom is -0.316 e. The molecule has 0 unspecified atom stereocenters. The number of pyridine rings is 1. The van der Waals surface area contributed by atoms with Crippen LogP contribution in [0.25, 0.3) is 11.0 Å². The SMILES string of the molecule is O=c1[nH]c2ccccc2n(CCc2ccncc2)c1=O. The van der Waals surface area contributed by atoms with Gasteiger partial charge < -0.3 is 9.55 Å². The third-order valence-electron chi connectivity index (χ3n) is 3.26. The third kappa shape index (κ3) is 2.25. The lowest BCUT2D eigenvalue weighted by Gasteiger charge is -2.09. The standard InChI is InChI=1S/C15H13N3O2/c19-14-15(20)18(10-7-11-5-8-16-9-6-11)13-4-2-1-3-12(13)17-14/h1-6,8-9H,7,10H2,(H,17,19). The maximum absolute atomic E-state index is 12.0. The molecule has 0 aliphatic heterocycles. The predicted octanol–water partition coefficient (Wildman–Crippen LogP) is 1.33. The summed E-state index contributed by atoms with van der Waals surface area (Å²) >= 11 is 0. The van der Waals surface area contributed by atoms with E-state index in [4.69, 9.17) is 0 Å². The van der Waals surface area contributed by atoms with Crippen LogP contribution < -0.4 is 11.1 Å². The number of aromatic amines is 1. The van der Waals surface area contributed by atoms with Gasteiger partial charge in [-0.15, -0.1) is 0 Å². The Balaban J connectivity index is 2.04. The molecule has 0 spiro atoms. The van der Waals surface area contributed by atoms with Crippen LogP contribution in [0, 0.1) is 0 Å². The molecule has 0 aliphatic rings. The van der Waals surface area contributed by atoms with Crippen molar-refractivity contribution in [3.63, 3.8) is 0 Å². The number of hydrogen-bond acceptors (Lipinski definition) is 3. The van der Waals surface area contributed by atoms with Crippen LogP contribution >= 0.6 is 0 Å². The van der Waals surface area contributed by atoms with Crippen molar-refractivity contribution in [2.24, 2.45) is 0 Å². The van der Waals surface area contributed by atoms with Crippen molar-refractivity contribution in [1.29, 1.82) is 0 Å². The van der Waals surface area contributed by atoms with Crippen LogP contribution in [-0.4, -0.2) is 14.5 Å². The van der Waals surface area contributed by atoms with Gasteiger partial charge >= 0.3 is 11.1 Å². The summed E-state index contributed by atoms with van der Waals surface area (Å²) in [6, 6.07) is 11.1. The van der Waals surface area contributed by atoms with Crippen molar-refractivity contribution in [2.45, 2.75) is 13.0 Å². The lowest BCUT2D eigenvalue weighted by atomic mass is 10.2. The van der Waals surface area contributed by atoms with Gasteiger partial charge in [0.25, 0.3) is 0 Å². The molecule has 0 radical (unpaired) electrons. The van der Waals surface area contributed by atoms with Crippen molar-refractivity contribution in [3.05, 3.63) is 75.1 Å². The predicted molar refractivity (Wildman–Crippen MR) is 76.8 cm³/mol. The van der Waals surface area contributed by atoms with Crippen molar-refractivity contribution in [1.82, 2.24) is 14.5 Å². The van der Waals surface area contributed by atoms with Crippen LogP contribution in [-0.2, 0) is 13.0 Å². The Bertz CT molecular complexity index is 850. The summed E-state index contributed by atoms with van der Waals surface area (Å²) in [5, 5.41) is 0. The topological polar surface area (TPSA) is 67.8 Å². The number of hydrogen-bond donors (Lipinski definition) is 1. The van der Waals surface area contributed by atoms with E-state index >= 15 is 0 Å². The largest absolute Gasteiger partial charge is 0.316 e. The highest BCUT2D eigenvalue weighted by Crippen LogP contribution is 2.08. The first kappa shape index (κ1) is 12.3. The Morgan fingerprint density at radius 2 is 1.80 bits per heavy atom. The smallest absolute Gasteiger partial charge is 0.316 e. The quantitative estimate of drug-likeness (QED) is 0.728. The van der Waals surface area contributed by atoms with Gasteiger partial charge in [0.05, 0.1) is 11.0 Å². The second-order valence-electron chi connectivity index (χ2n) is 4.53. The second kappa shape index (κ2) is 5.13. The Morgan fingerprint density at radius 3 is 2.60 bits per heavy atom. The molecule has 5 heteroatoms. The molecule has 2 heterocycles. The molecule has 0 fully saturated rings. The zero-order chi connectivity index (χ0) is 13.9. The normalized spacial score (nSPS) is 10.8. The Morgan fingerprint density at radius 1 is 1.05 bits per heavy atom. The van der Waals surface area contributed by atoms with Gasteiger partial charge in [-0.25, -0.2) is 0 Å². The van der Waals surface area contributed by atoms with Gasteiger partial charge in [-0.3, -0.25) is 14.6 Å². The fraction of sp³-hybridized carbons (Fsp3) is 0.133. The van der Waals surface area contributed by atoms with E-state index in [0.717, 1.165) is 11.1 Å².